The molecule has 0 unspecified atom stereocenters. The smallest absolute Gasteiger partial charge is 0.364 e. The normalized spacial score (nSPS) is 10.3. The van der Waals surface area contributed by atoms with Crippen molar-refractivity contribution in [2.45, 2.75) is 13.8 Å². The van der Waals surface area contributed by atoms with Crippen LogP contribution in [0.15, 0.2) is 24.4 Å². The topological polar surface area (TPSA) is 78.2 Å². The number of pyridine rings is 2. The molecule has 0 saturated carbocycles. The molecule has 0 saturated heterocycles. The summed E-state index contributed by atoms with van der Waals surface area (Å²) in [6, 6.07) is 4.57. The lowest BCUT2D eigenvalue weighted by Gasteiger charge is -2.09. The van der Waals surface area contributed by atoms with Crippen LogP contribution < -0.4 is 4.74 Å². The van der Waals surface area contributed by atoms with Gasteiger partial charge in [-0.3, -0.25) is 0 Å². The van der Waals surface area contributed by atoms with E-state index in [1.54, 1.807) is 26.0 Å². The molecule has 2 aromatic heterocycles. The Kier molecular flexibility index (Phi) is 3.62. The molecule has 0 aromatic carbocycles. The van der Waals surface area contributed by atoms with Crippen molar-refractivity contribution in [3.63, 3.8) is 0 Å². The highest BCUT2D eigenvalue weighted by Gasteiger charge is 2.17. The van der Waals surface area contributed by atoms with Crippen LogP contribution in [0.3, 0.4) is 0 Å². The van der Waals surface area contributed by atoms with E-state index < -0.39 is 4.92 Å². The van der Waals surface area contributed by atoms with Gasteiger partial charge in [0.15, 0.2) is 11.4 Å². The van der Waals surface area contributed by atoms with Crippen LogP contribution in [0.1, 0.15) is 11.3 Å². The van der Waals surface area contributed by atoms with E-state index in [-0.39, 0.29) is 5.82 Å². The van der Waals surface area contributed by atoms with Crippen molar-refractivity contribution in [3.05, 3.63) is 50.9 Å². The van der Waals surface area contributed by atoms with Crippen LogP contribution in [-0.4, -0.2) is 14.9 Å². The van der Waals surface area contributed by atoms with E-state index in [0.29, 0.717) is 27.9 Å². The molecule has 0 radical (unpaired) electrons. The van der Waals surface area contributed by atoms with Gasteiger partial charge in [0.05, 0.1) is 0 Å². The Morgan fingerprint density at radius 2 is 2.11 bits per heavy atom. The van der Waals surface area contributed by atoms with Gasteiger partial charge in [0.2, 0.25) is 0 Å². The lowest BCUT2D eigenvalue weighted by atomic mass is 10.2. The van der Waals surface area contributed by atoms with Crippen LogP contribution in [0.5, 0.6) is 11.5 Å². The van der Waals surface area contributed by atoms with Gasteiger partial charge >= 0.3 is 5.82 Å². The first kappa shape index (κ1) is 13.2. The van der Waals surface area contributed by atoms with Gasteiger partial charge in [0, 0.05) is 30.8 Å². The van der Waals surface area contributed by atoms with Crippen molar-refractivity contribution in [1.29, 1.82) is 0 Å². The second kappa shape index (κ2) is 5.19. The highest BCUT2D eigenvalue weighted by atomic mass is 35.5. The zero-order valence-electron chi connectivity index (χ0n) is 10.3. The molecule has 0 aliphatic rings. The number of nitro groups is 1. The van der Waals surface area contributed by atoms with E-state index in [2.05, 4.69) is 9.97 Å². The minimum absolute atomic E-state index is 0.199. The third-order valence-electron chi connectivity index (χ3n) is 2.42. The minimum atomic E-state index is -0.535. The van der Waals surface area contributed by atoms with E-state index in [9.17, 15) is 10.1 Å². The first-order valence-electron chi connectivity index (χ1n) is 5.39. The van der Waals surface area contributed by atoms with Crippen LogP contribution in [0.4, 0.5) is 5.82 Å². The molecule has 0 aliphatic carbocycles. The highest BCUT2D eigenvalue weighted by molar-refractivity contribution is 6.29. The number of ether oxygens (including phenoxy) is 1. The van der Waals surface area contributed by atoms with E-state index >= 15 is 0 Å². The van der Waals surface area contributed by atoms with Gasteiger partial charge < -0.3 is 14.9 Å². The maximum absolute atomic E-state index is 10.7. The molecule has 6 nitrogen and oxygen atoms in total. The maximum Gasteiger partial charge on any atom is 0.364 e. The fraction of sp³-hybridized carbons (Fsp3) is 0.167. The number of hydrogen-bond donors (Lipinski definition) is 0. The zero-order valence-corrected chi connectivity index (χ0v) is 11.0. The molecule has 2 aromatic rings. The van der Waals surface area contributed by atoms with E-state index in [0.717, 1.165) is 0 Å². The Morgan fingerprint density at radius 1 is 1.37 bits per heavy atom. The average molecular weight is 280 g/mol. The molecule has 19 heavy (non-hydrogen) atoms. The molecule has 7 heteroatoms. The first-order chi connectivity index (χ1) is 8.97. The second-order valence-electron chi connectivity index (χ2n) is 3.89. The van der Waals surface area contributed by atoms with Gasteiger partial charge in [-0.25, -0.2) is 4.98 Å². The number of rotatable bonds is 3. The third-order valence-corrected chi connectivity index (χ3v) is 2.63. The summed E-state index contributed by atoms with van der Waals surface area (Å²) in [5, 5.41) is 11.0. The summed E-state index contributed by atoms with van der Waals surface area (Å²) in [7, 11) is 0. The van der Waals surface area contributed by atoms with Gasteiger partial charge in [-0.15, -0.1) is 0 Å². The average Bonchev–Trinajstić information content (AvgIpc) is 2.33. The number of aromatic nitrogens is 2. The standard InChI is InChI=1S/C12H10ClN3O3/c1-7-5-11(16(17)18)15-8(2)12(7)19-9-3-4-14-10(13)6-9/h3-6H,1-2H3. The summed E-state index contributed by atoms with van der Waals surface area (Å²) in [4.78, 5) is 17.9. The maximum atomic E-state index is 10.7. The Morgan fingerprint density at radius 3 is 2.68 bits per heavy atom. The molecule has 98 valence electrons. The molecule has 0 atom stereocenters. The Bertz CT molecular complexity index is 623. The predicted molar refractivity (Wildman–Crippen MR) is 69.7 cm³/mol. The van der Waals surface area contributed by atoms with E-state index in [4.69, 9.17) is 16.3 Å². The fourth-order valence-electron chi connectivity index (χ4n) is 1.61. The first-order valence-corrected chi connectivity index (χ1v) is 5.77. The van der Waals surface area contributed by atoms with E-state index in [1.165, 1.54) is 12.3 Å². The van der Waals surface area contributed by atoms with Crippen molar-refractivity contribution in [3.8, 4) is 11.5 Å². The number of halogens is 1. The van der Waals surface area contributed by atoms with Crippen molar-refractivity contribution in [2.24, 2.45) is 0 Å². The summed E-state index contributed by atoms with van der Waals surface area (Å²) in [6.07, 6.45) is 1.52. The summed E-state index contributed by atoms with van der Waals surface area (Å²) in [5.74, 6) is 0.782. The highest BCUT2D eigenvalue weighted by Crippen LogP contribution is 2.30. The molecule has 0 amide bonds. The van der Waals surface area contributed by atoms with Crippen LogP contribution in [0, 0.1) is 24.0 Å². The molecule has 0 bridgehead atoms. The predicted octanol–water partition coefficient (Wildman–Crippen LogP) is 3.45. The van der Waals surface area contributed by atoms with Crippen LogP contribution in [0.2, 0.25) is 5.15 Å². The summed E-state index contributed by atoms with van der Waals surface area (Å²) >= 11 is 5.76. The Hall–Kier alpha value is -2.21. The summed E-state index contributed by atoms with van der Waals surface area (Å²) in [6.45, 7) is 3.37. The summed E-state index contributed by atoms with van der Waals surface area (Å²) < 4.78 is 5.65. The van der Waals surface area contributed by atoms with Crippen molar-refractivity contribution < 1.29 is 9.66 Å². The van der Waals surface area contributed by atoms with Gasteiger partial charge in [0.25, 0.3) is 0 Å². The number of hydrogen-bond acceptors (Lipinski definition) is 5. The van der Waals surface area contributed by atoms with E-state index in [1.807, 2.05) is 0 Å². The molecule has 2 rings (SSSR count). The van der Waals surface area contributed by atoms with Gasteiger partial charge in [-0.05, 0) is 22.9 Å². The van der Waals surface area contributed by atoms with Crippen LogP contribution >= 0.6 is 11.6 Å². The number of nitrogens with zero attached hydrogens (tertiary/aromatic N) is 3. The monoisotopic (exact) mass is 279 g/mol. The largest absolute Gasteiger partial charge is 0.453 e. The molecular weight excluding hydrogens is 270 g/mol. The zero-order chi connectivity index (χ0) is 14.0. The lowest BCUT2D eigenvalue weighted by Crippen LogP contribution is -1.99. The minimum Gasteiger partial charge on any atom is -0.453 e. The third kappa shape index (κ3) is 2.97. The van der Waals surface area contributed by atoms with Crippen LogP contribution in [0.25, 0.3) is 0 Å². The summed E-state index contributed by atoms with van der Waals surface area (Å²) in [5.41, 5.74) is 1.08. The lowest BCUT2D eigenvalue weighted by molar-refractivity contribution is -0.389. The van der Waals surface area contributed by atoms with Crippen molar-refractivity contribution in [2.75, 3.05) is 0 Å². The van der Waals surface area contributed by atoms with Crippen molar-refractivity contribution in [1.82, 2.24) is 9.97 Å². The quantitative estimate of drug-likeness (QED) is 0.488. The van der Waals surface area contributed by atoms with Crippen molar-refractivity contribution >= 4 is 17.4 Å². The molecular formula is C12H10ClN3O3. The number of aryl methyl sites for hydroxylation is 2. The van der Waals surface area contributed by atoms with Gasteiger partial charge in [-0.1, -0.05) is 11.6 Å². The SMILES string of the molecule is Cc1cc([N+](=O)[O-])nc(C)c1Oc1ccnc(Cl)c1. The Labute approximate surface area is 114 Å². The molecule has 0 aliphatic heterocycles. The van der Waals surface area contributed by atoms with Gasteiger partial charge in [-0.2, -0.15) is 0 Å². The fourth-order valence-corrected chi connectivity index (χ4v) is 1.78. The molecule has 2 heterocycles. The Balaban J connectivity index is 2.38. The van der Waals surface area contributed by atoms with Crippen LogP contribution in [-0.2, 0) is 0 Å². The molecule has 0 N–H and O–H groups in total. The van der Waals surface area contributed by atoms with Gasteiger partial charge in [0.1, 0.15) is 10.9 Å². The molecule has 0 spiro atoms. The second-order valence-corrected chi connectivity index (χ2v) is 4.27. The molecule has 0 fully saturated rings.